The Balaban J connectivity index is 2.90. The number of hydrogen-bond acceptors (Lipinski definition) is 6. The molecule has 126 valence electrons. The number of benzene rings is 1. The second-order valence-corrected chi connectivity index (χ2v) is 5.76. The summed E-state index contributed by atoms with van der Waals surface area (Å²) in [5.74, 6) is -1.47. The van der Waals surface area contributed by atoms with Gasteiger partial charge in [-0.05, 0) is 38.5 Å². The number of nitro benzene ring substituents is 1. The number of non-ortho nitro benzene ring substituents is 1. The Kier molecular flexibility index (Phi) is 5.63. The normalized spacial score (nSPS) is 13.7. The summed E-state index contributed by atoms with van der Waals surface area (Å²) in [5, 5.41) is 31.9. The molecule has 0 saturated heterocycles. The molecular formula is C14H18N2O7. The molecule has 2 atom stereocenters. The Morgan fingerprint density at radius 1 is 1.26 bits per heavy atom. The number of aliphatic hydroxyl groups excluding tert-OH is 1. The van der Waals surface area contributed by atoms with Crippen molar-refractivity contribution in [2.24, 2.45) is 0 Å². The molecule has 23 heavy (non-hydrogen) atoms. The molecule has 3 N–H and O–H groups in total. The van der Waals surface area contributed by atoms with E-state index in [0.29, 0.717) is 0 Å². The van der Waals surface area contributed by atoms with Gasteiger partial charge in [0, 0.05) is 12.1 Å². The van der Waals surface area contributed by atoms with E-state index < -0.39 is 34.7 Å². The van der Waals surface area contributed by atoms with Crippen molar-refractivity contribution in [3.63, 3.8) is 0 Å². The molecule has 0 fully saturated rings. The van der Waals surface area contributed by atoms with Gasteiger partial charge in [0.15, 0.2) is 6.04 Å². The van der Waals surface area contributed by atoms with E-state index in [1.807, 2.05) is 0 Å². The lowest BCUT2D eigenvalue weighted by Crippen LogP contribution is -2.46. The van der Waals surface area contributed by atoms with Gasteiger partial charge in [-0.2, -0.15) is 0 Å². The van der Waals surface area contributed by atoms with Crippen LogP contribution < -0.4 is 5.32 Å². The second kappa shape index (κ2) is 7.05. The molecule has 1 rings (SSSR count). The van der Waals surface area contributed by atoms with Gasteiger partial charge in [-0.25, -0.2) is 9.59 Å². The van der Waals surface area contributed by atoms with Crippen molar-refractivity contribution >= 4 is 17.7 Å². The van der Waals surface area contributed by atoms with Crippen molar-refractivity contribution in [2.45, 2.75) is 38.5 Å². The lowest BCUT2D eigenvalue weighted by Gasteiger charge is -2.24. The second-order valence-electron chi connectivity index (χ2n) is 5.76. The number of aliphatic hydroxyl groups is 1. The molecule has 1 amide bonds. The van der Waals surface area contributed by atoms with Gasteiger partial charge in [0.2, 0.25) is 0 Å². The van der Waals surface area contributed by atoms with Crippen molar-refractivity contribution in [2.75, 3.05) is 0 Å². The van der Waals surface area contributed by atoms with Crippen molar-refractivity contribution < 1.29 is 29.5 Å². The topological polar surface area (TPSA) is 139 Å². The number of rotatable bonds is 5. The molecule has 0 saturated carbocycles. The molecule has 9 nitrogen and oxygen atoms in total. The van der Waals surface area contributed by atoms with Crippen LogP contribution in [0.5, 0.6) is 0 Å². The Bertz CT molecular complexity index is 592. The minimum atomic E-state index is -1.66. The highest BCUT2D eigenvalue weighted by atomic mass is 16.6. The number of hydrogen-bond donors (Lipinski definition) is 3. The van der Waals surface area contributed by atoms with Gasteiger partial charge in [-0.15, -0.1) is 0 Å². The summed E-state index contributed by atoms with van der Waals surface area (Å²) < 4.78 is 4.94. The maximum atomic E-state index is 11.7. The maximum absolute atomic E-state index is 11.7. The zero-order chi connectivity index (χ0) is 17.8. The molecule has 0 bridgehead atoms. The predicted molar refractivity (Wildman–Crippen MR) is 78.8 cm³/mol. The van der Waals surface area contributed by atoms with Crippen LogP contribution in [0, 0.1) is 10.1 Å². The summed E-state index contributed by atoms with van der Waals surface area (Å²) in [5.41, 5.74) is -0.919. The third-order valence-electron chi connectivity index (χ3n) is 2.70. The molecule has 0 aromatic heterocycles. The SMILES string of the molecule is CC(C)(C)OC(=O)N[C@@H](C(=O)O)[C@@H](O)c1ccc([N+](=O)[O-])cc1. The van der Waals surface area contributed by atoms with Crippen LogP contribution in [0.25, 0.3) is 0 Å². The van der Waals surface area contributed by atoms with Gasteiger partial charge >= 0.3 is 12.1 Å². The summed E-state index contributed by atoms with van der Waals surface area (Å²) in [6.45, 7) is 4.82. The Labute approximate surface area is 132 Å². The van der Waals surface area contributed by atoms with Crippen LogP contribution in [0.3, 0.4) is 0 Å². The van der Waals surface area contributed by atoms with E-state index in [1.54, 1.807) is 20.8 Å². The van der Waals surface area contributed by atoms with Crippen molar-refractivity contribution in [1.29, 1.82) is 0 Å². The largest absolute Gasteiger partial charge is 0.480 e. The van der Waals surface area contributed by atoms with E-state index in [9.17, 15) is 24.8 Å². The maximum Gasteiger partial charge on any atom is 0.408 e. The number of carbonyl (C=O) groups excluding carboxylic acids is 1. The predicted octanol–water partition coefficient (Wildman–Crippen LogP) is 1.61. The molecule has 0 aliphatic rings. The van der Waals surface area contributed by atoms with E-state index in [2.05, 4.69) is 5.32 Å². The third kappa shape index (κ3) is 5.55. The number of carboxylic acid groups (broad SMARTS) is 1. The van der Waals surface area contributed by atoms with Crippen LogP contribution in [-0.4, -0.2) is 38.8 Å². The molecule has 0 heterocycles. The zero-order valence-electron chi connectivity index (χ0n) is 12.8. The summed E-state index contributed by atoms with van der Waals surface area (Å²) in [4.78, 5) is 32.9. The monoisotopic (exact) mass is 326 g/mol. The van der Waals surface area contributed by atoms with Gasteiger partial charge < -0.3 is 20.3 Å². The lowest BCUT2D eigenvalue weighted by atomic mass is 10.0. The van der Waals surface area contributed by atoms with E-state index in [4.69, 9.17) is 9.84 Å². The molecule has 0 unspecified atom stereocenters. The van der Waals surface area contributed by atoms with Crippen LogP contribution in [0.15, 0.2) is 24.3 Å². The van der Waals surface area contributed by atoms with Crippen LogP contribution in [0.2, 0.25) is 0 Å². The number of ether oxygens (including phenoxy) is 1. The van der Waals surface area contributed by atoms with Gasteiger partial charge in [-0.3, -0.25) is 10.1 Å². The van der Waals surface area contributed by atoms with Crippen LogP contribution in [0.1, 0.15) is 32.4 Å². The van der Waals surface area contributed by atoms with E-state index in [0.717, 1.165) is 12.1 Å². The fraction of sp³-hybridized carbons (Fsp3) is 0.429. The van der Waals surface area contributed by atoms with Crippen LogP contribution in [0.4, 0.5) is 10.5 Å². The summed E-state index contributed by atoms with van der Waals surface area (Å²) in [6.07, 6.45) is -2.59. The first-order chi connectivity index (χ1) is 10.5. The standard InChI is InChI=1S/C14H18N2O7/c1-14(2,3)23-13(20)15-10(12(18)19)11(17)8-4-6-9(7-5-8)16(21)22/h4-7,10-11,17H,1-3H3,(H,15,20)(H,18,19)/t10-,11+/m1/s1. The van der Waals surface area contributed by atoms with Gasteiger partial charge in [-0.1, -0.05) is 0 Å². The number of carboxylic acids is 1. The van der Waals surface area contributed by atoms with Gasteiger partial charge in [0.25, 0.3) is 5.69 Å². The Hall–Kier alpha value is -2.68. The zero-order valence-corrected chi connectivity index (χ0v) is 12.8. The fourth-order valence-corrected chi connectivity index (χ4v) is 1.70. The highest BCUT2D eigenvalue weighted by Gasteiger charge is 2.31. The molecule has 1 aromatic rings. The highest BCUT2D eigenvalue weighted by Crippen LogP contribution is 2.21. The average molecular weight is 326 g/mol. The average Bonchev–Trinajstić information content (AvgIpc) is 2.42. The van der Waals surface area contributed by atoms with Gasteiger partial charge in [0.1, 0.15) is 11.7 Å². The number of amides is 1. The number of aliphatic carboxylic acids is 1. The molecule has 0 aliphatic carbocycles. The van der Waals surface area contributed by atoms with E-state index in [-0.39, 0.29) is 11.3 Å². The first-order valence-corrected chi connectivity index (χ1v) is 6.66. The van der Waals surface area contributed by atoms with Crippen molar-refractivity contribution in [1.82, 2.24) is 5.32 Å². The minimum absolute atomic E-state index is 0.110. The molecule has 0 spiro atoms. The summed E-state index contributed by atoms with van der Waals surface area (Å²) in [6, 6.07) is 3.03. The summed E-state index contributed by atoms with van der Waals surface area (Å²) in [7, 11) is 0. The Morgan fingerprint density at radius 3 is 2.17 bits per heavy atom. The fourth-order valence-electron chi connectivity index (χ4n) is 1.70. The Morgan fingerprint density at radius 2 is 1.78 bits per heavy atom. The van der Waals surface area contributed by atoms with Gasteiger partial charge in [0.05, 0.1) is 4.92 Å². The number of nitro groups is 1. The van der Waals surface area contributed by atoms with E-state index >= 15 is 0 Å². The number of nitrogens with one attached hydrogen (secondary N) is 1. The first kappa shape index (κ1) is 18.4. The lowest BCUT2D eigenvalue weighted by molar-refractivity contribution is -0.384. The molecule has 0 radical (unpaired) electrons. The quantitative estimate of drug-likeness (QED) is 0.551. The number of nitrogens with zero attached hydrogens (tertiary/aromatic N) is 1. The molecular weight excluding hydrogens is 308 g/mol. The summed E-state index contributed by atoms with van der Waals surface area (Å²) >= 11 is 0. The number of carbonyl (C=O) groups is 2. The highest BCUT2D eigenvalue weighted by molar-refractivity contribution is 5.80. The van der Waals surface area contributed by atoms with Crippen molar-refractivity contribution in [3.05, 3.63) is 39.9 Å². The molecule has 0 aliphatic heterocycles. The van der Waals surface area contributed by atoms with E-state index in [1.165, 1.54) is 12.1 Å². The molecule has 1 aromatic carbocycles. The molecule has 9 heteroatoms. The minimum Gasteiger partial charge on any atom is -0.480 e. The van der Waals surface area contributed by atoms with Crippen LogP contribution in [-0.2, 0) is 9.53 Å². The first-order valence-electron chi connectivity index (χ1n) is 6.66. The van der Waals surface area contributed by atoms with Crippen molar-refractivity contribution in [3.8, 4) is 0 Å². The smallest absolute Gasteiger partial charge is 0.408 e. The van der Waals surface area contributed by atoms with Crippen LogP contribution >= 0.6 is 0 Å². The number of alkyl carbamates (subject to hydrolysis) is 1. The third-order valence-corrected chi connectivity index (χ3v) is 2.70.